The topological polar surface area (TPSA) is 83.0 Å². The molecule has 0 atom stereocenters. The molecule has 1 aromatic carbocycles. The van der Waals surface area contributed by atoms with Crippen molar-refractivity contribution in [3.8, 4) is 11.3 Å². The second-order valence-electron chi connectivity index (χ2n) is 6.19. The first-order chi connectivity index (χ1) is 12.7. The van der Waals surface area contributed by atoms with Crippen LogP contribution in [-0.4, -0.2) is 54.1 Å². The van der Waals surface area contributed by atoms with Crippen molar-refractivity contribution in [2.75, 3.05) is 38.1 Å². The van der Waals surface area contributed by atoms with Gasteiger partial charge in [0, 0.05) is 62.1 Å². The lowest BCUT2D eigenvalue weighted by Crippen LogP contribution is -2.44. The van der Waals surface area contributed by atoms with Crippen molar-refractivity contribution in [2.45, 2.75) is 0 Å². The van der Waals surface area contributed by atoms with Crippen LogP contribution in [0.3, 0.4) is 0 Å². The summed E-state index contributed by atoms with van der Waals surface area (Å²) in [6.07, 6.45) is 3.59. The highest BCUT2D eigenvalue weighted by molar-refractivity contribution is 5.98. The molecule has 3 heterocycles. The van der Waals surface area contributed by atoms with Crippen LogP contribution in [0.2, 0.25) is 0 Å². The van der Waals surface area contributed by atoms with Gasteiger partial charge in [-0.25, -0.2) is 9.97 Å². The number of nitrogens with zero attached hydrogens (tertiary/aromatic N) is 4. The van der Waals surface area contributed by atoms with E-state index >= 15 is 0 Å². The van der Waals surface area contributed by atoms with Gasteiger partial charge < -0.3 is 15.5 Å². The van der Waals surface area contributed by atoms with Crippen LogP contribution in [0.5, 0.6) is 0 Å². The molecule has 132 valence electrons. The Kier molecular flexibility index (Phi) is 4.45. The Labute approximate surface area is 151 Å². The first kappa shape index (κ1) is 16.4. The monoisotopic (exact) mass is 348 g/mol. The van der Waals surface area contributed by atoms with E-state index < -0.39 is 0 Å². The number of nitrogens with one attached hydrogen (secondary N) is 2. The van der Waals surface area contributed by atoms with E-state index in [2.05, 4.69) is 25.5 Å². The smallest absolute Gasteiger partial charge is 0.251 e. The van der Waals surface area contributed by atoms with Gasteiger partial charge in [-0.1, -0.05) is 0 Å². The van der Waals surface area contributed by atoms with Crippen LogP contribution in [-0.2, 0) is 0 Å². The van der Waals surface area contributed by atoms with Crippen molar-refractivity contribution >= 4 is 22.8 Å². The zero-order valence-electron chi connectivity index (χ0n) is 14.6. The van der Waals surface area contributed by atoms with Gasteiger partial charge >= 0.3 is 0 Å². The molecule has 26 heavy (non-hydrogen) atoms. The number of aromatic nitrogens is 3. The standard InChI is InChI=1S/C19H20N6O/c1-20-18(26)13-2-3-16-14(10-13)11-15(12-23-16)17-4-5-22-19(24-17)25-8-6-21-7-9-25/h2-5,10-12,21H,6-9H2,1H3,(H,20,26). The highest BCUT2D eigenvalue weighted by atomic mass is 16.1. The third-order valence-corrected chi connectivity index (χ3v) is 4.51. The molecular weight excluding hydrogens is 328 g/mol. The van der Waals surface area contributed by atoms with Gasteiger partial charge in [-0.2, -0.15) is 0 Å². The van der Waals surface area contributed by atoms with Crippen LogP contribution in [0.1, 0.15) is 10.4 Å². The fourth-order valence-corrected chi connectivity index (χ4v) is 3.08. The number of carbonyl (C=O) groups is 1. The number of benzene rings is 1. The lowest BCUT2D eigenvalue weighted by Gasteiger charge is -2.27. The van der Waals surface area contributed by atoms with Crippen molar-refractivity contribution in [2.24, 2.45) is 0 Å². The fraction of sp³-hybridized carbons (Fsp3) is 0.263. The van der Waals surface area contributed by atoms with E-state index in [4.69, 9.17) is 4.98 Å². The Balaban J connectivity index is 1.70. The molecule has 0 saturated carbocycles. The second kappa shape index (κ2) is 7.05. The van der Waals surface area contributed by atoms with Gasteiger partial charge in [-0.15, -0.1) is 0 Å². The molecule has 1 amide bonds. The average Bonchev–Trinajstić information content (AvgIpc) is 2.73. The Hall–Kier alpha value is -3.06. The number of hydrogen-bond donors (Lipinski definition) is 2. The van der Waals surface area contributed by atoms with Crippen molar-refractivity contribution in [3.63, 3.8) is 0 Å². The van der Waals surface area contributed by atoms with Gasteiger partial charge in [-0.3, -0.25) is 9.78 Å². The molecule has 0 radical (unpaired) electrons. The van der Waals surface area contributed by atoms with E-state index in [1.807, 2.05) is 30.5 Å². The second-order valence-corrected chi connectivity index (χ2v) is 6.19. The number of piperazine rings is 1. The van der Waals surface area contributed by atoms with Gasteiger partial charge in [0.15, 0.2) is 0 Å². The quantitative estimate of drug-likeness (QED) is 0.746. The molecule has 7 heteroatoms. The number of carbonyl (C=O) groups excluding carboxylic acids is 1. The summed E-state index contributed by atoms with van der Waals surface area (Å²) in [6.45, 7) is 3.67. The summed E-state index contributed by atoms with van der Waals surface area (Å²) in [5.74, 6) is 0.628. The van der Waals surface area contributed by atoms with Crippen LogP contribution in [0.15, 0.2) is 42.7 Å². The van der Waals surface area contributed by atoms with Gasteiger partial charge in [0.05, 0.1) is 11.2 Å². The molecular formula is C19H20N6O. The fourth-order valence-electron chi connectivity index (χ4n) is 3.08. The zero-order valence-corrected chi connectivity index (χ0v) is 14.6. The number of rotatable bonds is 3. The Morgan fingerprint density at radius 3 is 2.81 bits per heavy atom. The predicted molar refractivity (Wildman–Crippen MR) is 101 cm³/mol. The molecule has 4 rings (SSSR count). The van der Waals surface area contributed by atoms with Crippen LogP contribution in [0.4, 0.5) is 5.95 Å². The Morgan fingerprint density at radius 2 is 2.00 bits per heavy atom. The van der Waals surface area contributed by atoms with Crippen molar-refractivity contribution < 1.29 is 4.79 Å². The van der Waals surface area contributed by atoms with Crippen LogP contribution < -0.4 is 15.5 Å². The molecule has 0 unspecified atom stereocenters. The number of fused-ring (bicyclic) bond motifs is 1. The molecule has 3 aromatic rings. The lowest BCUT2D eigenvalue weighted by molar-refractivity contribution is 0.0963. The molecule has 2 aromatic heterocycles. The van der Waals surface area contributed by atoms with Crippen LogP contribution >= 0.6 is 0 Å². The largest absolute Gasteiger partial charge is 0.355 e. The Morgan fingerprint density at radius 1 is 1.15 bits per heavy atom. The van der Waals surface area contributed by atoms with E-state index in [0.29, 0.717) is 5.56 Å². The number of pyridine rings is 1. The maximum atomic E-state index is 11.9. The maximum Gasteiger partial charge on any atom is 0.251 e. The van der Waals surface area contributed by atoms with Crippen LogP contribution in [0.25, 0.3) is 22.2 Å². The highest BCUT2D eigenvalue weighted by Gasteiger charge is 2.14. The van der Waals surface area contributed by atoms with E-state index in [1.165, 1.54) is 0 Å². The molecule has 1 aliphatic heterocycles. The summed E-state index contributed by atoms with van der Waals surface area (Å²) in [4.78, 5) is 27.7. The van der Waals surface area contributed by atoms with E-state index in [9.17, 15) is 4.79 Å². The normalized spacial score (nSPS) is 14.4. The minimum Gasteiger partial charge on any atom is -0.355 e. The summed E-state index contributed by atoms with van der Waals surface area (Å²) >= 11 is 0. The van der Waals surface area contributed by atoms with Crippen molar-refractivity contribution in [3.05, 3.63) is 48.3 Å². The zero-order chi connectivity index (χ0) is 17.9. The molecule has 1 fully saturated rings. The molecule has 7 nitrogen and oxygen atoms in total. The summed E-state index contributed by atoms with van der Waals surface area (Å²) in [6, 6.07) is 9.38. The van der Waals surface area contributed by atoms with Crippen molar-refractivity contribution in [1.29, 1.82) is 0 Å². The van der Waals surface area contributed by atoms with Gasteiger partial charge in [0.1, 0.15) is 0 Å². The molecule has 0 aliphatic carbocycles. The predicted octanol–water partition coefficient (Wildman–Crippen LogP) is 1.46. The summed E-state index contributed by atoms with van der Waals surface area (Å²) in [5, 5.41) is 6.88. The minimum atomic E-state index is -0.111. The lowest BCUT2D eigenvalue weighted by atomic mass is 10.1. The number of hydrogen-bond acceptors (Lipinski definition) is 6. The SMILES string of the molecule is CNC(=O)c1ccc2ncc(-c3ccnc(N4CCNCC4)n3)cc2c1. The number of anilines is 1. The van der Waals surface area contributed by atoms with Gasteiger partial charge in [0.2, 0.25) is 5.95 Å². The minimum absolute atomic E-state index is 0.111. The van der Waals surface area contributed by atoms with Gasteiger partial charge in [-0.05, 0) is 30.3 Å². The molecule has 2 N–H and O–H groups in total. The molecule has 0 spiro atoms. The first-order valence-electron chi connectivity index (χ1n) is 8.65. The van der Waals surface area contributed by atoms with Crippen LogP contribution in [0, 0.1) is 0 Å². The van der Waals surface area contributed by atoms with E-state index in [-0.39, 0.29) is 5.91 Å². The van der Waals surface area contributed by atoms with E-state index in [0.717, 1.165) is 54.3 Å². The van der Waals surface area contributed by atoms with E-state index in [1.54, 1.807) is 19.3 Å². The Bertz CT molecular complexity index is 952. The third kappa shape index (κ3) is 3.21. The summed E-state index contributed by atoms with van der Waals surface area (Å²) in [7, 11) is 1.62. The number of amides is 1. The highest BCUT2D eigenvalue weighted by Crippen LogP contribution is 2.23. The van der Waals surface area contributed by atoms with Crippen molar-refractivity contribution in [1.82, 2.24) is 25.6 Å². The maximum absolute atomic E-state index is 11.9. The molecule has 1 aliphatic rings. The van der Waals surface area contributed by atoms with Gasteiger partial charge in [0.25, 0.3) is 5.91 Å². The summed E-state index contributed by atoms with van der Waals surface area (Å²) in [5.41, 5.74) is 3.19. The summed E-state index contributed by atoms with van der Waals surface area (Å²) < 4.78 is 0. The average molecular weight is 348 g/mol. The molecule has 1 saturated heterocycles. The first-order valence-corrected chi connectivity index (χ1v) is 8.65. The molecule has 0 bridgehead atoms. The third-order valence-electron chi connectivity index (χ3n) is 4.51.